The van der Waals surface area contributed by atoms with E-state index in [1.54, 1.807) is 0 Å². The molecule has 2 rings (SSSR count). The van der Waals surface area contributed by atoms with Gasteiger partial charge in [-0.2, -0.15) is 0 Å². The Morgan fingerprint density at radius 3 is 2.45 bits per heavy atom. The Morgan fingerprint density at radius 1 is 1.35 bits per heavy atom. The molecule has 0 saturated heterocycles. The predicted molar refractivity (Wildman–Crippen MR) is 81.9 cm³/mol. The average Bonchev–Trinajstić information content (AvgIpc) is 2.81. The number of hydrogen-bond donors (Lipinski definition) is 2. The third-order valence-electron chi connectivity index (χ3n) is 3.50. The number of nitrogens with two attached hydrogens (primary N) is 1. The molecule has 1 saturated carbocycles. The van der Waals surface area contributed by atoms with Crippen LogP contribution >= 0.6 is 28.3 Å². The Hall–Kier alpha value is -0.210. The van der Waals surface area contributed by atoms with E-state index in [9.17, 15) is 12.8 Å². The molecule has 1 aromatic rings. The van der Waals surface area contributed by atoms with Crippen LogP contribution in [0.5, 0.6) is 0 Å². The van der Waals surface area contributed by atoms with Gasteiger partial charge in [-0.1, -0.05) is 12.8 Å². The van der Waals surface area contributed by atoms with Crippen molar-refractivity contribution >= 4 is 38.4 Å². The first-order valence-electron chi connectivity index (χ1n) is 6.08. The summed E-state index contributed by atoms with van der Waals surface area (Å²) < 4.78 is 40.6. The summed E-state index contributed by atoms with van der Waals surface area (Å²) >= 11 is 2.99. The van der Waals surface area contributed by atoms with E-state index in [0.29, 0.717) is 0 Å². The highest BCUT2D eigenvalue weighted by Gasteiger charge is 2.36. The first-order chi connectivity index (χ1) is 8.88. The van der Waals surface area contributed by atoms with E-state index in [1.807, 2.05) is 0 Å². The molecular formula is C12H17BrClFN2O2S. The van der Waals surface area contributed by atoms with Crippen LogP contribution < -0.4 is 10.5 Å². The molecule has 1 fully saturated rings. The summed E-state index contributed by atoms with van der Waals surface area (Å²) in [4.78, 5) is 0.0421. The minimum atomic E-state index is -3.68. The maximum absolute atomic E-state index is 13.2. The molecule has 0 radical (unpaired) electrons. The molecule has 4 nitrogen and oxygen atoms in total. The van der Waals surface area contributed by atoms with Gasteiger partial charge >= 0.3 is 0 Å². The van der Waals surface area contributed by atoms with Crippen LogP contribution in [0.15, 0.2) is 27.6 Å². The van der Waals surface area contributed by atoms with Gasteiger partial charge in [0.2, 0.25) is 10.0 Å². The maximum Gasteiger partial charge on any atom is 0.241 e. The van der Waals surface area contributed by atoms with Crippen LogP contribution in [0.2, 0.25) is 0 Å². The van der Waals surface area contributed by atoms with Crippen LogP contribution in [-0.4, -0.2) is 20.5 Å². The van der Waals surface area contributed by atoms with Crippen LogP contribution in [-0.2, 0) is 10.0 Å². The van der Waals surface area contributed by atoms with Gasteiger partial charge in [0.15, 0.2) is 0 Å². The van der Waals surface area contributed by atoms with Crippen molar-refractivity contribution in [2.45, 2.75) is 36.1 Å². The predicted octanol–water partition coefficient (Wildman–Crippen LogP) is 2.56. The third-order valence-corrected chi connectivity index (χ3v) is 5.69. The van der Waals surface area contributed by atoms with Crippen molar-refractivity contribution in [2.24, 2.45) is 5.73 Å². The molecule has 1 aliphatic carbocycles. The lowest BCUT2D eigenvalue weighted by Crippen LogP contribution is -2.51. The molecule has 0 amide bonds. The van der Waals surface area contributed by atoms with Crippen molar-refractivity contribution in [3.05, 3.63) is 28.5 Å². The Morgan fingerprint density at radius 2 is 1.95 bits per heavy atom. The minimum Gasteiger partial charge on any atom is -0.329 e. The van der Waals surface area contributed by atoms with Gasteiger partial charge in [0.25, 0.3) is 0 Å². The smallest absolute Gasteiger partial charge is 0.241 e. The minimum absolute atomic E-state index is 0. The maximum atomic E-state index is 13.2. The lowest BCUT2D eigenvalue weighted by atomic mass is 10.0. The average molecular weight is 388 g/mol. The zero-order chi connectivity index (χ0) is 14.1. The summed E-state index contributed by atoms with van der Waals surface area (Å²) in [6.45, 7) is 0.272. The van der Waals surface area contributed by atoms with Crippen molar-refractivity contribution in [3.8, 4) is 0 Å². The fourth-order valence-corrected chi connectivity index (χ4v) is 4.41. The normalized spacial score (nSPS) is 17.8. The van der Waals surface area contributed by atoms with Gasteiger partial charge in [-0.15, -0.1) is 12.4 Å². The second-order valence-corrected chi connectivity index (χ2v) is 7.41. The first kappa shape index (κ1) is 17.8. The van der Waals surface area contributed by atoms with Crippen molar-refractivity contribution in [3.63, 3.8) is 0 Å². The summed E-state index contributed by atoms with van der Waals surface area (Å²) in [5.74, 6) is -0.492. The molecule has 0 unspecified atom stereocenters. The van der Waals surface area contributed by atoms with E-state index in [-0.39, 0.29) is 28.3 Å². The number of hydrogen-bond acceptors (Lipinski definition) is 3. The summed E-state index contributed by atoms with van der Waals surface area (Å²) in [5, 5.41) is 0. The molecule has 0 aromatic heterocycles. The van der Waals surface area contributed by atoms with Gasteiger partial charge in [0.05, 0.1) is 9.37 Å². The van der Waals surface area contributed by atoms with Crippen molar-refractivity contribution < 1.29 is 12.8 Å². The van der Waals surface area contributed by atoms with Crippen LogP contribution in [0.1, 0.15) is 25.7 Å². The number of rotatable bonds is 4. The van der Waals surface area contributed by atoms with E-state index in [2.05, 4.69) is 20.7 Å². The Balaban J connectivity index is 0.00000200. The zero-order valence-electron chi connectivity index (χ0n) is 10.7. The number of nitrogens with one attached hydrogen (secondary N) is 1. The summed E-state index contributed by atoms with van der Waals surface area (Å²) in [6.07, 6.45) is 3.41. The Kier molecular flexibility index (Phi) is 5.98. The highest BCUT2D eigenvalue weighted by Crippen LogP contribution is 2.31. The monoisotopic (exact) mass is 386 g/mol. The zero-order valence-corrected chi connectivity index (χ0v) is 14.0. The second-order valence-electron chi connectivity index (χ2n) is 4.87. The highest BCUT2D eigenvalue weighted by molar-refractivity contribution is 9.10. The van der Waals surface area contributed by atoms with E-state index in [0.717, 1.165) is 31.7 Å². The van der Waals surface area contributed by atoms with Gasteiger partial charge in [-0.3, -0.25) is 0 Å². The van der Waals surface area contributed by atoms with Crippen LogP contribution in [0.25, 0.3) is 0 Å². The summed E-state index contributed by atoms with van der Waals surface area (Å²) in [7, 11) is -3.68. The highest BCUT2D eigenvalue weighted by atomic mass is 79.9. The van der Waals surface area contributed by atoms with Crippen molar-refractivity contribution in [1.29, 1.82) is 0 Å². The second kappa shape index (κ2) is 6.70. The summed E-state index contributed by atoms with van der Waals surface area (Å²) in [6, 6.07) is 3.64. The van der Waals surface area contributed by atoms with Crippen molar-refractivity contribution in [2.75, 3.05) is 6.54 Å². The largest absolute Gasteiger partial charge is 0.329 e. The molecule has 0 bridgehead atoms. The fourth-order valence-electron chi connectivity index (χ4n) is 2.39. The van der Waals surface area contributed by atoms with Crippen molar-refractivity contribution in [1.82, 2.24) is 4.72 Å². The Labute approximate surface area is 132 Å². The molecule has 114 valence electrons. The standard InChI is InChI=1S/C12H16BrFN2O2S.ClH/c13-10-7-9(3-4-11(10)14)19(17,18)16-12(8-15)5-1-2-6-12;/h3-4,7,16H,1-2,5-6,8,15H2;1H. The van der Waals surface area contributed by atoms with Gasteiger partial charge in [0, 0.05) is 12.1 Å². The molecular weight excluding hydrogens is 371 g/mol. The topological polar surface area (TPSA) is 72.2 Å². The molecule has 8 heteroatoms. The first-order valence-corrected chi connectivity index (χ1v) is 8.35. The SMILES string of the molecule is Cl.NCC1(NS(=O)(=O)c2ccc(F)c(Br)c2)CCCC1. The van der Waals surface area contributed by atoms with Crippen LogP contribution in [0.4, 0.5) is 4.39 Å². The van der Waals surface area contributed by atoms with Gasteiger partial charge in [-0.05, 0) is 47.0 Å². The molecule has 1 aliphatic rings. The molecule has 0 heterocycles. The van der Waals surface area contributed by atoms with E-state index < -0.39 is 21.4 Å². The van der Waals surface area contributed by atoms with Crippen LogP contribution in [0.3, 0.4) is 0 Å². The molecule has 0 atom stereocenters. The molecule has 20 heavy (non-hydrogen) atoms. The molecule has 0 aliphatic heterocycles. The van der Waals surface area contributed by atoms with Crippen LogP contribution in [0, 0.1) is 5.82 Å². The number of halogens is 3. The van der Waals surface area contributed by atoms with Gasteiger partial charge in [-0.25, -0.2) is 17.5 Å². The third kappa shape index (κ3) is 3.71. The quantitative estimate of drug-likeness (QED) is 0.834. The number of benzene rings is 1. The van der Waals surface area contributed by atoms with E-state index in [4.69, 9.17) is 5.73 Å². The van der Waals surface area contributed by atoms with Gasteiger partial charge in [0.1, 0.15) is 5.82 Å². The lowest BCUT2D eigenvalue weighted by Gasteiger charge is -2.28. The van der Waals surface area contributed by atoms with E-state index in [1.165, 1.54) is 12.1 Å². The van der Waals surface area contributed by atoms with E-state index >= 15 is 0 Å². The lowest BCUT2D eigenvalue weighted by molar-refractivity contribution is 0.399. The molecule has 1 aromatic carbocycles. The molecule has 3 N–H and O–H groups in total. The van der Waals surface area contributed by atoms with Gasteiger partial charge < -0.3 is 5.73 Å². The fraction of sp³-hybridized carbons (Fsp3) is 0.500. The summed E-state index contributed by atoms with van der Waals surface area (Å²) in [5.41, 5.74) is 5.16. The molecule has 0 spiro atoms. The Bertz CT molecular complexity index is 577. The number of sulfonamides is 1.